The lowest BCUT2D eigenvalue weighted by Gasteiger charge is -2.63. The Labute approximate surface area is 408 Å². The summed E-state index contributed by atoms with van der Waals surface area (Å²) < 4.78 is 8.37. The zero-order valence-electron chi connectivity index (χ0n) is 40.5. The van der Waals surface area contributed by atoms with Crippen molar-refractivity contribution in [1.29, 1.82) is 5.26 Å². The number of carbonyl (C=O) groups excluding carboxylic acids is 3. The summed E-state index contributed by atoms with van der Waals surface area (Å²) in [6, 6.07) is 17.5. The molecule has 1 aliphatic heterocycles. The summed E-state index contributed by atoms with van der Waals surface area (Å²) in [5.74, 6) is -0.200. The molecular formula is C52H64ClN9O5S. The number of aliphatic hydroxyl groups is 1. The summed E-state index contributed by atoms with van der Waals surface area (Å²) in [5.41, 5.74) is 6.62. The number of anilines is 1. The third kappa shape index (κ3) is 10.6. The van der Waals surface area contributed by atoms with Gasteiger partial charge < -0.3 is 35.3 Å². The first-order valence-corrected chi connectivity index (χ1v) is 24.7. The summed E-state index contributed by atoms with van der Waals surface area (Å²) in [7, 11) is 1.94. The molecule has 0 bridgehead atoms. The number of ether oxygens (including phenoxy) is 1. The van der Waals surface area contributed by atoms with Crippen LogP contribution in [0.3, 0.4) is 0 Å². The number of aromatic nitrogens is 4. The zero-order valence-corrected chi connectivity index (χ0v) is 42.0. The van der Waals surface area contributed by atoms with Gasteiger partial charge in [-0.1, -0.05) is 83.8 Å². The second-order valence-electron chi connectivity index (χ2n) is 19.9. The second kappa shape index (κ2) is 20.8. The maximum Gasteiger partial charge on any atom is 0.270 e. The number of imidazole rings is 1. The van der Waals surface area contributed by atoms with Crippen LogP contribution < -0.4 is 20.7 Å². The number of nitriles is 1. The van der Waals surface area contributed by atoms with Crippen LogP contribution in [0, 0.1) is 35.0 Å². The molecule has 14 nitrogen and oxygen atoms in total. The van der Waals surface area contributed by atoms with Gasteiger partial charge in [0, 0.05) is 61.4 Å². The Morgan fingerprint density at radius 3 is 2.35 bits per heavy atom. The van der Waals surface area contributed by atoms with E-state index in [0.717, 1.165) is 65.3 Å². The molecule has 1 aliphatic carbocycles. The fraction of sp³-hybridized carbons (Fsp3) is 0.481. The van der Waals surface area contributed by atoms with Crippen molar-refractivity contribution in [3.63, 3.8) is 0 Å². The number of unbranched alkanes of at least 4 members (excludes halogenated alkanes) is 2. The molecule has 0 unspecified atom stereocenters. The zero-order chi connectivity index (χ0) is 49.1. The van der Waals surface area contributed by atoms with E-state index in [1.165, 1.54) is 0 Å². The lowest BCUT2D eigenvalue weighted by atomic mass is 9.49. The highest BCUT2D eigenvalue weighted by Gasteiger charge is 2.64. The number of likely N-dealkylation sites (tertiary alicyclic amines) is 1. The Kier molecular flexibility index (Phi) is 15.3. The second-order valence-corrected chi connectivity index (χ2v) is 21.1. The number of pyridine rings is 1. The molecule has 360 valence electrons. The van der Waals surface area contributed by atoms with Gasteiger partial charge in [-0.05, 0) is 74.4 Å². The summed E-state index contributed by atoms with van der Waals surface area (Å²) in [6.07, 6.45) is 6.28. The van der Waals surface area contributed by atoms with Crippen LogP contribution in [0.5, 0.6) is 5.75 Å². The topological polar surface area (TPSA) is 187 Å². The number of benzene rings is 2. The van der Waals surface area contributed by atoms with Crippen molar-refractivity contribution < 1.29 is 24.2 Å². The molecular weight excluding hydrogens is 898 g/mol. The van der Waals surface area contributed by atoms with Crippen LogP contribution in [0.2, 0.25) is 5.02 Å². The van der Waals surface area contributed by atoms with Gasteiger partial charge in [-0.3, -0.25) is 14.4 Å². The highest BCUT2D eigenvalue weighted by molar-refractivity contribution is 7.13. The number of hydrogen-bond donors (Lipinski definition) is 4. The fourth-order valence-electron chi connectivity index (χ4n) is 10.3. The molecule has 2 fully saturated rings. The summed E-state index contributed by atoms with van der Waals surface area (Å²) in [6.45, 7) is 17.0. The highest BCUT2D eigenvalue weighted by atomic mass is 35.5. The van der Waals surface area contributed by atoms with E-state index in [-0.39, 0.29) is 54.8 Å². The van der Waals surface area contributed by atoms with Crippen molar-refractivity contribution in [2.45, 2.75) is 124 Å². The number of hydrogen-bond acceptors (Lipinski definition) is 11. The number of nitrogens with zero attached hydrogens (tertiary/aromatic N) is 6. The molecule has 1 saturated heterocycles. The Bertz CT molecular complexity index is 2620. The normalized spacial score (nSPS) is 20.2. The predicted molar refractivity (Wildman–Crippen MR) is 265 cm³/mol. The average Bonchev–Trinajstić information content (AvgIpc) is 4.03. The van der Waals surface area contributed by atoms with Gasteiger partial charge in [-0.2, -0.15) is 5.26 Å². The summed E-state index contributed by atoms with van der Waals surface area (Å²) in [5, 5.41) is 30.0. The Hall–Kier alpha value is -5.82. The van der Waals surface area contributed by atoms with E-state index in [9.17, 15) is 24.8 Å². The smallest absolute Gasteiger partial charge is 0.270 e. The van der Waals surface area contributed by atoms with Crippen molar-refractivity contribution in [1.82, 2.24) is 35.1 Å². The maximum absolute atomic E-state index is 14.4. The minimum absolute atomic E-state index is 0.0901. The van der Waals surface area contributed by atoms with Crippen LogP contribution in [0.4, 0.5) is 5.69 Å². The van der Waals surface area contributed by atoms with Gasteiger partial charge in [0.05, 0.1) is 56.6 Å². The van der Waals surface area contributed by atoms with Gasteiger partial charge in [0.1, 0.15) is 35.5 Å². The molecule has 4 atom stereocenters. The largest absolute Gasteiger partial charge is 0.489 e. The van der Waals surface area contributed by atoms with Gasteiger partial charge >= 0.3 is 0 Å². The lowest BCUT2D eigenvalue weighted by molar-refractivity contribution is -0.164. The third-order valence-electron chi connectivity index (χ3n) is 13.8. The highest BCUT2D eigenvalue weighted by Crippen LogP contribution is 2.55. The summed E-state index contributed by atoms with van der Waals surface area (Å²) in [4.78, 5) is 57.8. The number of rotatable bonds is 18. The first kappa shape index (κ1) is 50.1. The van der Waals surface area contributed by atoms with Crippen LogP contribution in [-0.4, -0.2) is 84.6 Å². The van der Waals surface area contributed by atoms with Gasteiger partial charge in [0.2, 0.25) is 11.8 Å². The average molecular weight is 963 g/mol. The minimum atomic E-state index is -0.800. The molecule has 5 aromatic rings. The quantitative estimate of drug-likeness (QED) is 0.0619. The van der Waals surface area contributed by atoms with E-state index in [1.807, 2.05) is 81.3 Å². The SMILES string of the molecule is Cc1ncsc1-c1ccc([C@H](C)NC(=O)[C@@H]2C[C@@H](O)CN2C(=O)[C@@H](c2ncc(CCCCCNc3ccc(C(=O)N[C@H]4C(C)(C)[C@H](Oc5ccc(C#N)c(Cl)c5)C4(C)C)nc3)n2C)C(C)C)cc1. The van der Waals surface area contributed by atoms with Crippen LogP contribution in [0.1, 0.15) is 125 Å². The summed E-state index contributed by atoms with van der Waals surface area (Å²) >= 11 is 7.84. The van der Waals surface area contributed by atoms with Crippen LogP contribution >= 0.6 is 22.9 Å². The van der Waals surface area contributed by atoms with E-state index >= 15 is 0 Å². The van der Waals surface area contributed by atoms with Crippen molar-refractivity contribution in [3.05, 3.63) is 112 Å². The molecule has 2 aromatic carbocycles. The van der Waals surface area contributed by atoms with Crippen molar-refractivity contribution in [2.24, 2.45) is 23.8 Å². The molecule has 0 radical (unpaired) electrons. The molecule has 0 spiro atoms. The molecule has 16 heteroatoms. The predicted octanol–water partition coefficient (Wildman–Crippen LogP) is 8.79. The number of carbonyl (C=O) groups is 3. The number of nitrogens with one attached hydrogen (secondary N) is 3. The Balaban J connectivity index is 0.861. The Morgan fingerprint density at radius 1 is 0.985 bits per heavy atom. The maximum atomic E-state index is 14.4. The van der Waals surface area contributed by atoms with Gasteiger partial charge in [0.25, 0.3) is 5.91 Å². The lowest BCUT2D eigenvalue weighted by Crippen LogP contribution is -2.74. The first-order valence-electron chi connectivity index (χ1n) is 23.5. The molecule has 4 heterocycles. The molecule has 2 aliphatic rings. The number of aliphatic hydroxyl groups excluding tert-OH is 1. The van der Waals surface area contributed by atoms with Crippen LogP contribution in [0.15, 0.2) is 72.5 Å². The van der Waals surface area contributed by atoms with Crippen LogP contribution in [0.25, 0.3) is 10.4 Å². The molecule has 68 heavy (non-hydrogen) atoms. The van der Waals surface area contributed by atoms with Crippen LogP contribution in [-0.2, 0) is 23.1 Å². The van der Waals surface area contributed by atoms with Gasteiger partial charge in [0.15, 0.2) is 0 Å². The van der Waals surface area contributed by atoms with Crippen molar-refractivity contribution >= 4 is 46.3 Å². The van der Waals surface area contributed by atoms with Crippen molar-refractivity contribution in [3.8, 4) is 22.3 Å². The van der Waals surface area contributed by atoms with E-state index in [1.54, 1.807) is 46.7 Å². The minimum Gasteiger partial charge on any atom is -0.489 e. The molecule has 1 saturated carbocycles. The van der Waals surface area contributed by atoms with E-state index in [4.69, 9.17) is 21.3 Å². The van der Waals surface area contributed by atoms with E-state index in [0.29, 0.717) is 27.9 Å². The molecule has 3 aromatic heterocycles. The third-order valence-corrected chi connectivity index (χ3v) is 15.1. The fourth-order valence-corrected chi connectivity index (χ4v) is 11.4. The van der Waals surface area contributed by atoms with Gasteiger partial charge in [-0.25, -0.2) is 15.0 Å². The van der Waals surface area contributed by atoms with E-state index in [2.05, 4.69) is 59.7 Å². The van der Waals surface area contributed by atoms with Crippen molar-refractivity contribution in [2.75, 3.05) is 18.4 Å². The molecule has 3 amide bonds. The Morgan fingerprint density at radius 2 is 1.72 bits per heavy atom. The number of halogens is 1. The van der Waals surface area contributed by atoms with Gasteiger partial charge in [-0.15, -0.1) is 11.3 Å². The number of amides is 3. The molecule has 4 N–H and O–H groups in total. The first-order chi connectivity index (χ1) is 32.3. The number of thiazole rings is 1. The standard InChI is InChI=1S/C52H64ClN9O5S/c1-30(2)43(48(66)62-28-38(63)23-42(62)47(65)59-31(3)33-14-16-34(17-15-33)44-32(4)58-29-68-44)45-57-27-37(61(45)9)13-11-10-12-22-55-36-19-21-41(56-26-36)46(64)60-49-51(5,6)50(52(49,7)8)67-39-20-18-35(25-54)40(53)24-39/h14-21,24,26-27,29-31,38,42-43,49-50,55,63H,10-13,22-23,28H2,1-9H3,(H,59,65)(H,60,64)/t31-,38+,42-,43+,49-,50-/m0/s1. The molecule has 7 rings (SSSR count). The monoisotopic (exact) mass is 961 g/mol. The number of aryl methyl sites for hydroxylation is 2. The van der Waals surface area contributed by atoms with E-state index < -0.39 is 28.9 Å². The number of β-amino-alcohol motifs (C(OH)–C–C–N with tert-alkyl or cyclic N) is 1.